The highest BCUT2D eigenvalue weighted by atomic mass is 16.5. The molecular weight excluding hydrogens is 340 g/mol. The molecule has 1 N–H and O–H groups in total. The summed E-state index contributed by atoms with van der Waals surface area (Å²) in [5.41, 5.74) is 2.83. The van der Waals surface area contributed by atoms with Gasteiger partial charge in [-0.05, 0) is 35.9 Å². The third-order valence-electron chi connectivity index (χ3n) is 4.40. The van der Waals surface area contributed by atoms with Gasteiger partial charge in [0.2, 0.25) is 5.91 Å². The maximum atomic E-state index is 12.6. The van der Waals surface area contributed by atoms with E-state index in [2.05, 4.69) is 10.3 Å². The minimum atomic E-state index is -0.510. The van der Waals surface area contributed by atoms with Crippen molar-refractivity contribution in [2.24, 2.45) is 5.41 Å². The van der Waals surface area contributed by atoms with Crippen LogP contribution in [0.4, 0.5) is 5.69 Å². The molecule has 5 heteroatoms. The summed E-state index contributed by atoms with van der Waals surface area (Å²) in [6.07, 6.45) is 1.74. The van der Waals surface area contributed by atoms with Crippen molar-refractivity contribution in [3.8, 4) is 22.6 Å². The Balaban J connectivity index is 2.20. The smallest absolute Gasteiger partial charge is 0.229 e. The molecule has 27 heavy (non-hydrogen) atoms. The maximum Gasteiger partial charge on any atom is 0.229 e. The molecule has 0 aliphatic carbocycles. The Hall–Kier alpha value is -3.08. The molecule has 0 atom stereocenters. The number of carbonyl (C=O) groups excluding carboxylic acids is 1. The third-order valence-corrected chi connectivity index (χ3v) is 4.40. The van der Waals surface area contributed by atoms with E-state index in [-0.39, 0.29) is 5.91 Å². The molecule has 3 aromatic rings. The number of amides is 1. The number of nitrogens with zero attached hydrogens (tertiary/aromatic N) is 1. The van der Waals surface area contributed by atoms with E-state index in [1.807, 2.05) is 63.2 Å². The van der Waals surface area contributed by atoms with Gasteiger partial charge < -0.3 is 14.8 Å². The molecule has 5 nitrogen and oxygen atoms in total. The molecule has 1 heterocycles. The van der Waals surface area contributed by atoms with Crippen LogP contribution in [0.5, 0.6) is 11.5 Å². The first-order valence-corrected chi connectivity index (χ1v) is 8.76. The second-order valence-electron chi connectivity index (χ2n) is 7.33. The summed E-state index contributed by atoms with van der Waals surface area (Å²) in [5.74, 6) is 1.33. The van der Waals surface area contributed by atoms with E-state index in [0.717, 1.165) is 22.0 Å². The molecule has 0 spiro atoms. The minimum absolute atomic E-state index is 0.0621. The van der Waals surface area contributed by atoms with Crippen LogP contribution in [0.1, 0.15) is 20.8 Å². The fraction of sp³-hybridized carbons (Fsp3) is 0.273. The number of anilines is 1. The molecule has 0 aliphatic rings. The van der Waals surface area contributed by atoms with Gasteiger partial charge in [-0.2, -0.15) is 0 Å². The number of hydrogen-bond donors (Lipinski definition) is 1. The van der Waals surface area contributed by atoms with Crippen molar-refractivity contribution in [3.05, 3.63) is 48.7 Å². The normalized spacial score (nSPS) is 11.3. The number of pyridine rings is 1. The number of aromatic nitrogens is 1. The van der Waals surface area contributed by atoms with E-state index < -0.39 is 5.41 Å². The van der Waals surface area contributed by atoms with Gasteiger partial charge in [0, 0.05) is 28.6 Å². The van der Waals surface area contributed by atoms with E-state index in [1.165, 1.54) is 0 Å². The lowest BCUT2D eigenvalue weighted by molar-refractivity contribution is -0.123. The Labute approximate surface area is 159 Å². The molecule has 140 valence electrons. The number of rotatable bonds is 4. The van der Waals surface area contributed by atoms with Crippen LogP contribution in [0.2, 0.25) is 0 Å². The summed E-state index contributed by atoms with van der Waals surface area (Å²) in [6, 6.07) is 13.4. The van der Waals surface area contributed by atoms with Crippen molar-refractivity contribution < 1.29 is 14.3 Å². The lowest BCUT2D eigenvalue weighted by atomic mass is 9.94. The van der Waals surface area contributed by atoms with Gasteiger partial charge in [0.05, 0.1) is 19.9 Å². The van der Waals surface area contributed by atoms with Gasteiger partial charge in [-0.25, -0.2) is 0 Å². The summed E-state index contributed by atoms with van der Waals surface area (Å²) < 4.78 is 10.8. The maximum absolute atomic E-state index is 12.6. The number of fused-ring (bicyclic) bond motifs is 1. The predicted molar refractivity (Wildman–Crippen MR) is 108 cm³/mol. The summed E-state index contributed by atoms with van der Waals surface area (Å²) in [6.45, 7) is 5.65. The van der Waals surface area contributed by atoms with Crippen LogP contribution in [0.3, 0.4) is 0 Å². The van der Waals surface area contributed by atoms with Crippen LogP contribution in [-0.2, 0) is 4.79 Å². The van der Waals surface area contributed by atoms with Crippen LogP contribution in [0, 0.1) is 5.41 Å². The first kappa shape index (κ1) is 18.7. The van der Waals surface area contributed by atoms with Gasteiger partial charge in [-0.15, -0.1) is 0 Å². The van der Waals surface area contributed by atoms with Gasteiger partial charge in [0.15, 0.2) is 0 Å². The van der Waals surface area contributed by atoms with Crippen LogP contribution in [-0.4, -0.2) is 25.1 Å². The third kappa shape index (κ3) is 3.72. The highest BCUT2D eigenvalue weighted by Crippen LogP contribution is 2.38. The number of ether oxygens (including phenoxy) is 2. The van der Waals surface area contributed by atoms with Crippen molar-refractivity contribution in [1.29, 1.82) is 0 Å². The van der Waals surface area contributed by atoms with E-state index in [0.29, 0.717) is 17.2 Å². The second-order valence-corrected chi connectivity index (χ2v) is 7.33. The second kappa shape index (κ2) is 7.27. The summed E-state index contributed by atoms with van der Waals surface area (Å²) in [4.78, 5) is 17.1. The summed E-state index contributed by atoms with van der Waals surface area (Å²) in [5, 5.41) is 4.00. The molecule has 0 fully saturated rings. The van der Waals surface area contributed by atoms with Crippen LogP contribution >= 0.6 is 0 Å². The largest absolute Gasteiger partial charge is 0.497 e. The first-order chi connectivity index (χ1) is 12.8. The molecule has 0 aliphatic heterocycles. The van der Waals surface area contributed by atoms with Gasteiger partial charge in [0.25, 0.3) is 0 Å². The number of nitrogens with one attached hydrogen (secondary N) is 1. The monoisotopic (exact) mass is 364 g/mol. The van der Waals surface area contributed by atoms with Crippen LogP contribution in [0.15, 0.2) is 48.7 Å². The molecule has 1 amide bonds. The zero-order chi connectivity index (χ0) is 19.6. The number of carbonyl (C=O) groups is 1. The number of hydrogen-bond acceptors (Lipinski definition) is 4. The van der Waals surface area contributed by atoms with E-state index in [9.17, 15) is 4.79 Å². The Bertz CT molecular complexity index is 991. The standard InChI is InChI=1S/C22H24N2O3/c1-22(2,3)21(25)24-18-13-14(26-4)8-9-16(18)15-10-11-19(27-5)20-17(15)7-6-12-23-20/h6-13H,1-5H3,(H,24,25). The predicted octanol–water partition coefficient (Wildman–Crippen LogP) is 4.90. The number of methoxy groups -OCH3 is 2. The zero-order valence-electron chi connectivity index (χ0n) is 16.3. The molecule has 0 bridgehead atoms. The molecule has 0 saturated carbocycles. The fourth-order valence-corrected chi connectivity index (χ4v) is 2.84. The van der Waals surface area contributed by atoms with Gasteiger partial charge in [0.1, 0.15) is 17.0 Å². The molecule has 2 aromatic carbocycles. The van der Waals surface area contributed by atoms with Crippen molar-refractivity contribution in [2.45, 2.75) is 20.8 Å². The van der Waals surface area contributed by atoms with Gasteiger partial charge in [-0.1, -0.05) is 26.8 Å². The molecule has 0 saturated heterocycles. The Morgan fingerprint density at radius 3 is 2.41 bits per heavy atom. The fourth-order valence-electron chi connectivity index (χ4n) is 2.84. The summed E-state index contributed by atoms with van der Waals surface area (Å²) >= 11 is 0. The van der Waals surface area contributed by atoms with E-state index >= 15 is 0 Å². The molecular formula is C22H24N2O3. The minimum Gasteiger partial charge on any atom is -0.497 e. The van der Waals surface area contributed by atoms with Crippen molar-refractivity contribution in [2.75, 3.05) is 19.5 Å². The van der Waals surface area contributed by atoms with Crippen molar-refractivity contribution >= 4 is 22.5 Å². The molecule has 3 rings (SSSR count). The average Bonchev–Trinajstić information content (AvgIpc) is 2.66. The zero-order valence-corrected chi connectivity index (χ0v) is 16.3. The van der Waals surface area contributed by atoms with Crippen LogP contribution in [0.25, 0.3) is 22.0 Å². The van der Waals surface area contributed by atoms with E-state index in [1.54, 1.807) is 20.4 Å². The van der Waals surface area contributed by atoms with Gasteiger partial charge in [-0.3, -0.25) is 9.78 Å². The summed E-state index contributed by atoms with van der Waals surface area (Å²) in [7, 11) is 3.24. The van der Waals surface area contributed by atoms with Gasteiger partial charge >= 0.3 is 0 Å². The Kier molecular flexibility index (Phi) is 5.04. The Morgan fingerprint density at radius 1 is 1.00 bits per heavy atom. The molecule has 0 radical (unpaired) electrons. The van der Waals surface area contributed by atoms with Crippen molar-refractivity contribution in [1.82, 2.24) is 4.98 Å². The SMILES string of the molecule is COc1ccc(-c2ccc(OC)c3ncccc23)c(NC(=O)C(C)(C)C)c1. The quantitative estimate of drug-likeness (QED) is 0.715. The first-order valence-electron chi connectivity index (χ1n) is 8.76. The highest BCUT2D eigenvalue weighted by Gasteiger charge is 2.23. The molecule has 1 aromatic heterocycles. The van der Waals surface area contributed by atoms with Crippen LogP contribution < -0.4 is 14.8 Å². The lowest BCUT2D eigenvalue weighted by Crippen LogP contribution is -2.27. The average molecular weight is 364 g/mol. The highest BCUT2D eigenvalue weighted by molar-refractivity contribution is 6.04. The Morgan fingerprint density at radius 2 is 1.74 bits per heavy atom. The lowest BCUT2D eigenvalue weighted by Gasteiger charge is -2.20. The van der Waals surface area contributed by atoms with E-state index in [4.69, 9.17) is 9.47 Å². The molecule has 0 unspecified atom stereocenters. The topological polar surface area (TPSA) is 60.5 Å². The number of benzene rings is 2. The van der Waals surface area contributed by atoms with Crippen molar-refractivity contribution in [3.63, 3.8) is 0 Å².